The fourth-order valence-corrected chi connectivity index (χ4v) is 4.84. The zero-order valence-electron chi connectivity index (χ0n) is 31.0. The van der Waals surface area contributed by atoms with Gasteiger partial charge in [-0.2, -0.15) is 0 Å². The van der Waals surface area contributed by atoms with Crippen molar-refractivity contribution in [1.82, 2.24) is 57.3 Å². The molecule has 0 aromatic carbocycles. The fourth-order valence-electron chi connectivity index (χ4n) is 4.84. The summed E-state index contributed by atoms with van der Waals surface area (Å²) in [6, 6.07) is 0. The summed E-state index contributed by atoms with van der Waals surface area (Å²) in [6.07, 6.45) is 26.2. The van der Waals surface area contributed by atoms with Crippen molar-refractivity contribution in [1.29, 1.82) is 0 Å². The first-order valence-electron chi connectivity index (χ1n) is 15.2. The van der Waals surface area contributed by atoms with Crippen molar-refractivity contribution in [3.8, 4) is 23.3 Å². The monoisotopic (exact) mass is 914 g/mol. The Balaban J connectivity index is 0.000000660. The van der Waals surface area contributed by atoms with Crippen LogP contribution >= 0.6 is 0 Å². The molecule has 0 fully saturated rings. The van der Waals surface area contributed by atoms with Gasteiger partial charge in [0.25, 0.3) is 0 Å². The third kappa shape index (κ3) is 11.1. The molecule has 0 saturated heterocycles. The maximum atomic E-state index is 4.32. The molecule has 6 aromatic rings. The van der Waals surface area contributed by atoms with Gasteiger partial charge in [-0.15, -0.1) is 0 Å². The van der Waals surface area contributed by atoms with E-state index in [0.717, 1.165) is 59.7 Å². The first-order valence-corrected chi connectivity index (χ1v) is 15.2. The average molecular weight is 913 g/mol. The molecular weight excluding hydrogens is 862 g/mol. The molecule has 2 aliphatic heterocycles. The molecule has 18 heteroatoms. The maximum absolute atomic E-state index is 4.32. The van der Waals surface area contributed by atoms with Crippen LogP contribution in [0.25, 0.3) is 23.3 Å². The number of amidine groups is 2. The number of nitrogens with zero attached hydrogens (tertiary/aromatic N) is 16. The van der Waals surface area contributed by atoms with Crippen LogP contribution in [0.1, 0.15) is 27.9 Å². The van der Waals surface area contributed by atoms with E-state index in [0.29, 0.717) is 0 Å². The molecule has 0 saturated carbocycles. The van der Waals surface area contributed by atoms with Gasteiger partial charge >= 0.3 is 63.1 Å². The number of hydrogen-bond acceptors (Lipinski definition) is 8. The molecule has 52 heavy (non-hydrogen) atoms. The summed E-state index contributed by atoms with van der Waals surface area (Å²) in [6.45, 7) is 1.53. The Hall–Kier alpha value is -3.79. The van der Waals surface area contributed by atoms with Gasteiger partial charge < -0.3 is 28.8 Å². The first-order chi connectivity index (χ1) is 23.2. The van der Waals surface area contributed by atoms with E-state index in [1.165, 1.54) is 0 Å². The number of aryl methyl sites for hydroxylation is 6. The van der Waals surface area contributed by atoms with Gasteiger partial charge in [-0.05, 0) is 0 Å². The number of hydrogen-bond donors (Lipinski definition) is 0. The summed E-state index contributed by atoms with van der Waals surface area (Å²) in [5.41, 5.74) is 0. The zero-order chi connectivity index (χ0) is 34.2. The molecule has 2 aliphatic rings. The molecule has 8 rings (SSSR count). The predicted molar refractivity (Wildman–Crippen MR) is 199 cm³/mol. The van der Waals surface area contributed by atoms with Gasteiger partial charge in [0.15, 0.2) is 36.4 Å². The molecule has 0 N–H and O–H groups in total. The second-order valence-corrected chi connectivity index (χ2v) is 11.1. The Morgan fingerprint density at radius 1 is 0.442 bits per heavy atom. The molecule has 6 aromatic heterocycles. The maximum Gasteiger partial charge on any atom is 1.00 e. The van der Waals surface area contributed by atoms with Crippen molar-refractivity contribution < 1.29 is 81.8 Å². The molecule has 0 aliphatic carbocycles. The minimum absolute atomic E-state index is 0. The van der Waals surface area contributed by atoms with E-state index in [-0.39, 0.29) is 87.5 Å². The molecule has 0 spiro atoms. The van der Waals surface area contributed by atoms with E-state index >= 15 is 0 Å². The summed E-state index contributed by atoms with van der Waals surface area (Å²) in [5, 5.41) is 0. The Bertz CT molecular complexity index is 1880. The SMILES string of the molecule is C.C.Cn1ccnc1-c1nccn1C.Cn1ccnc1-c1nccn1C.Cn1ccnc1C1=NCC=[N+]1C.Cn1ccnc1C1=NCC=[N+]1C.[H-].[K+].[Os]. The van der Waals surface area contributed by atoms with Crippen molar-refractivity contribution >= 4 is 24.1 Å². The van der Waals surface area contributed by atoms with Crippen LogP contribution in [0, 0.1) is 0 Å². The number of rotatable bonds is 4. The van der Waals surface area contributed by atoms with Crippen molar-refractivity contribution in [2.75, 3.05) is 27.2 Å². The second-order valence-electron chi connectivity index (χ2n) is 11.1. The van der Waals surface area contributed by atoms with Crippen LogP contribution in [0.5, 0.6) is 0 Å². The van der Waals surface area contributed by atoms with Crippen LogP contribution < -0.4 is 51.4 Å². The fraction of sp³-hybridized carbons (Fsp3) is 0.353. The van der Waals surface area contributed by atoms with E-state index in [1.54, 1.807) is 37.2 Å². The van der Waals surface area contributed by atoms with E-state index in [9.17, 15) is 0 Å². The van der Waals surface area contributed by atoms with Crippen LogP contribution in [-0.4, -0.2) is 118 Å². The molecule has 274 valence electrons. The number of aliphatic imine (C=N–C) groups is 2. The minimum Gasteiger partial charge on any atom is -1.00 e. The quantitative estimate of drug-likeness (QED) is 0.178. The molecule has 0 radical (unpaired) electrons. The minimum atomic E-state index is 0. The van der Waals surface area contributed by atoms with Crippen LogP contribution in [-0.2, 0) is 62.1 Å². The van der Waals surface area contributed by atoms with Gasteiger partial charge in [-0.25, -0.2) is 39.1 Å². The first kappa shape index (κ1) is 46.2. The summed E-state index contributed by atoms with van der Waals surface area (Å²) in [4.78, 5) is 33.9. The van der Waals surface area contributed by atoms with E-state index in [4.69, 9.17) is 0 Å². The predicted octanol–water partition coefficient (Wildman–Crippen LogP) is -0.186. The Labute approximate surface area is 363 Å². The molecule has 0 atom stereocenters. The average Bonchev–Trinajstić information content (AvgIpc) is 3.89. The third-order valence-corrected chi connectivity index (χ3v) is 7.59. The Morgan fingerprint density at radius 2 is 0.654 bits per heavy atom. The molecule has 0 amide bonds. The van der Waals surface area contributed by atoms with Gasteiger partial charge in [0.2, 0.25) is 11.6 Å². The molecular formula is C34H51KN16Os+2. The van der Waals surface area contributed by atoms with E-state index in [1.807, 2.05) is 143 Å². The summed E-state index contributed by atoms with van der Waals surface area (Å²) >= 11 is 0. The molecule has 0 bridgehead atoms. The zero-order valence-corrected chi connectivity index (χ0v) is 35.7. The van der Waals surface area contributed by atoms with Crippen molar-refractivity contribution in [3.63, 3.8) is 0 Å². The summed E-state index contributed by atoms with van der Waals surface area (Å²) < 4.78 is 15.7. The van der Waals surface area contributed by atoms with Gasteiger partial charge in [0, 0.05) is 136 Å². The van der Waals surface area contributed by atoms with Crippen molar-refractivity contribution in [2.24, 2.45) is 52.3 Å². The van der Waals surface area contributed by atoms with Gasteiger partial charge in [-0.1, -0.05) is 24.8 Å². The van der Waals surface area contributed by atoms with Crippen LogP contribution in [0.4, 0.5) is 0 Å². The van der Waals surface area contributed by atoms with Gasteiger partial charge in [0.05, 0.1) is 14.1 Å². The van der Waals surface area contributed by atoms with Gasteiger partial charge in [-0.3, -0.25) is 0 Å². The van der Waals surface area contributed by atoms with Gasteiger partial charge in [0.1, 0.15) is 12.4 Å². The van der Waals surface area contributed by atoms with Crippen LogP contribution in [0.15, 0.2) is 84.3 Å². The topological polar surface area (TPSA) is 138 Å². The number of imidazole rings is 6. The smallest absolute Gasteiger partial charge is 1.00 e. The van der Waals surface area contributed by atoms with Crippen molar-refractivity contribution in [2.45, 2.75) is 14.9 Å². The normalized spacial score (nSPS) is 12.3. The molecule has 16 nitrogen and oxygen atoms in total. The molecule has 0 unspecified atom stereocenters. The van der Waals surface area contributed by atoms with E-state index in [2.05, 4.69) is 39.9 Å². The Kier molecular flexibility index (Phi) is 19.3. The molecule has 8 heterocycles. The second kappa shape index (κ2) is 21.7. The Morgan fingerprint density at radius 3 is 0.808 bits per heavy atom. The summed E-state index contributed by atoms with van der Waals surface area (Å²) in [5.74, 6) is 7.30. The van der Waals surface area contributed by atoms with E-state index < -0.39 is 0 Å². The van der Waals surface area contributed by atoms with Crippen LogP contribution in [0.2, 0.25) is 0 Å². The number of aromatic nitrogens is 12. The largest absolute Gasteiger partial charge is 1.00 e. The van der Waals surface area contributed by atoms with Crippen LogP contribution in [0.3, 0.4) is 0 Å². The summed E-state index contributed by atoms with van der Waals surface area (Å²) in [7, 11) is 15.7. The standard InChI is InChI=1S/2C8H11N4.2C8H10N4.2CH4.K.Os.H/c4*1-11-5-3-9-7(11)8-10-4-6-12(8)2;;;;;/h2*3,5-6H,4H2,1-2H3;2*3-6H,1-2H3;2*1H4;;;/q2*+1;;;;;+1;;-1. The third-order valence-electron chi connectivity index (χ3n) is 7.59. The van der Waals surface area contributed by atoms with Crippen molar-refractivity contribution in [3.05, 3.63) is 86.0 Å².